The maximum Gasteiger partial charge on any atom is 0.0544 e. The van der Waals surface area contributed by atoms with E-state index in [4.69, 9.17) is 0 Å². The van der Waals surface area contributed by atoms with E-state index in [-0.39, 0.29) is 11.8 Å². The maximum atomic E-state index is 3.72. The molecular formula is C38H24N2. The van der Waals surface area contributed by atoms with Crippen LogP contribution in [0.5, 0.6) is 0 Å². The van der Waals surface area contributed by atoms with Crippen LogP contribution in [0.15, 0.2) is 127 Å². The van der Waals surface area contributed by atoms with E-state index in [2.05, 4.69) is 137 Å². The lowest BCUT2D eigenvalue weighted by Crippen LogP contribution is -2.28. The zero-order valence-electron chi connectivity index (χ0n) is 21.7. The van der Waals surface area contributed by atoms with E-state index in [1.807, 2.05) is 0 Å². The van der Waals surface area contributed by atoms with Crippen molar-refractivity contribution in [2.75, 3.05) is 0 Å². The molecule has 2 heteroatoms. The van der Waals surface area contributed by atoms with Gasteiger partial charge in [0.1, 0.15) is 0 Å². The van der Waals surface area contributed by atoms with E-state index < -0.39 is 0 Å². The third-order valence-corrected chi connectivity index (χ3v) is 9.49. The zero-order chi connectivity index (χ0) is 25.9. The molecule has 2 aromatic heterocycles. The summed E-state index contributed by atoms with van der Waals surface area (Å²) in [6.07, 6.45) is 0. The lowest BCUT2D eigenvalue weighted by molar-refractivity contribution is 0.768. The van der Waals surface area contributed by atoms with Gasteiger partial charge in [-0.05, 0) is 69.8 Å². The Morgan fingerprint density at radius 2 is 1.07 bits per heavy atom. The van der Waals surface area contributed by atoms with Gasteiger partial charge in [0.2, 0.25) is 0 Å². The third-order valence-electron chi connectivity index (χ3n) is 9.49. The Bertz CT molecular complexity index is 2330. The van der Waals surface area contributed by atoms with Crippen LogP contribution in [0.4, 0.5) is 0 Å². The fraction of sp³-hybridized carbons (Fsp3) is 0.0526. The maximum absolute atomic E-state index is 3.72. The monoisotopic (exact) mass is 508 g/mol. The van der Waals surface area contributed by atoms with E-state index in [0.717, 1.165) is 0 Å². The van der Waals surface area contributed by atoms with Gasteiger partial charge in [-0.15, -0.1) is 0 Å². The van der Waals surface area contributed by atoms with E-state index in [9.17, 15) is 0 Å². The van der Waals surface area contributed by atoms with E-state index in [1.54, 1.807) is 0 Å². The second kappa shape index (κ2) is 7.31. The van der Waals surface area contributed by atoms with Crippen LogP contribution in [-0.4, -0.2) is 9.55 Å². The van der Waals surface area contributed by atoms with Crippen LogP contribution in [0.25, 0.3) is 49.3 Å². The van der Waals surface area contributed by atoms with E-state index in [0.29, 0.717) is 0 Å². The standard InChI is InChI=1S/C38H24N2/c1-2-10-22(11-3-1)40-31-17-9-7-15-26(31)35-32(40)21-19-28-33-23-12-4-5-13-24(23)36(38(28)35)37-27(33)18-20-30-34(37)25-14-6-8-16-29(25)39-30/h1-21,33,36,39H. The van der Waals surface area contributed by atoms with Gasteiger partial charge < -0.3 is 9.55 Å². The quantitative estimate of drug-likeness (QED) is 0.228. The van der Waals surface area contributed by atoms with Gasteiger partial charge >= 0.3 is 0 Å². The number of nitrogens with one attached hydrogen (secondary N) is 1. The summed E-state index contributed by atoms with van der Waals surface area (Å²) >= 11 is 0. The predicted molar refractivity (Wildman–Crippen MR) is 165 cm³/mol. The highest BCUT2D eigenvalue weighted by atomic mass is 15.0. The number of H-pyrrole nitrogens is 1. The van der Waals surface area contributed by atoms with Crippen LogP contribution >= 0.6 is 0 Å². The Labute approximate surface area is 231 Å². The Balaban J connectivity index is 1.41. The fourth-order valence-electron chi connectivity index (χ4n) is 8.06. The van der Waals surface area contributed by atoms with E-state index in [1.165, 1.54) is 82.7 Å². The second-order valence-corrected chi connectivity index (χ2v) is 11.3. The number of fused-ring (bicyclic) bond motifs is 6. The van der Waals surface area contributed by atoms with Crippen molar-refractivity contribution in [1.82, 2.24) is 9.55 Å². The first-order chi connectivity index (χ1) is 19.9. The summed E-state index contributed by atoms with van der Waals surface area (Å²) in [6, 6.07) is 47.2. The highest BCUT2D eigenvalue weighted by Gasteiger charge is 2.44. The average molecular weight is 509 g/mol. The van der Waals surface area contributed by atoms with Gasteiger partial charge in [-0.3, -0.25) is 0 Å². The highest BCUT2D eigenvalue weighted by Crippen LogP contribution is 2.60. The molecule has 0 aliphatic heterocycles. The molecular weight excluding hydrogens is 484 g/mol. The molecule has 2 unspecified atom stereocenters. The molecule has 2 bridgehead atoms. The molecule has 0 amide bonds. The summed E-state index contributed by atoms with van der Waals surface area (Å²) in [5.41, 5.74) is 15.0. The molecule has 6 aromatic carbocycles. The van der Waals surface area contributed by atoms with Crippen molar-refractivity contribution < 1.29 is 0 Å². The summed E-state index contributed by atoms with van der Waals surface area (Å²) in [5, 5.41) is 5.42. The molecule has 11 rings (SSSR count). The van der Waals surface area contributed by atoms with Gasteiger partial charge in [0.25, 0.3) is 0 Å². The molecule has 3 aliphatic rings. The van der Waals surface area contributed by atoms with Crippen molar-refractivity contribution in [2.45, 2.75) is 11.8 Å². The number of benzene rings is 6. The average Bonchev–Trinajstić information content (AvgIpc) is 3.57. The molecule has 2 atom stereocenters. The smallest absolute Gasteiger partial charge is 0.0544 e. The number of aromatic amines is 1. The minimum absolute atomic E-state index is 0.174. The Hall–Kier alpha value is -5.08. The van der Waals surface area contributed by atoms with Crippen molar-refractivity contribution in [2.24, 2.45) is 0 Å². The van der Waals surface area contributed by atoms with Crippen LogP contribution < -0.4 is 0 Å². The van der Waals surface area contributed by atoms with Gasteiger partial charge in [0.05, 0.1) is 11.0 Å². The first-order valence-corrected chi connectivity index (χ1v) is 14.1. The lowest BCUT2D eigenvalue weighted by atomic mass is 9.59. The third kappa shape index (κ3) is 2.41. The number of aromatic nitrogens is 2. The summed E-state index contributed by atoms with van der Waals surface area (Å²) < 4.78 is 2.45. The number of para-hydroxylation sites is 3. The molecule has 0 saturated carbocycles. The summed E-state index contributed by atoms with van der Waals surface area (Å²) in [4.78, 5) is 3.72. The van der Waals surface area contributed by atoms with Gasteiger partial charge in [0.15, 0.2) is 0 Å². The van der Waals surface area contributed by atoms with Crippen LogP contribution in [0, 0.1) is 0 Å². The summed E-state index contributed by atoms with van der Waals surface area (Å²) in [7, 11) is 0. The molecule has 0 saturated heterocycles. The zero-order valence-corrected chi connectivity index (χ0v) is 21.7. The molecule has 40 heavy (non-hydrogen) atoms. The van der Waals surface area contributed by atoms with Gasteiger partial charge in [-0.25, -0.2) is 0 Å². The number of rotatable bonds is 1. The summed E-state index contributed by atoms with van der Waals surface area (Å²) in [6.45, 7) is 0. The van der Waals surface area contributed by atoms with Crippen LogP contribution in [0.2, 0.25) is 0 Å². The molecule has 0 radical (unpaired) electrons. The molecule has 2 heterocycles. The minimum atomic E-state index is 0.174. The largest absolute Gasteiger partial charge is 0.355 e. The molecule has 186 valence electrons. The first-order valence-electron chi connectivity index (χ1n) is 14.1. The normalized spacial score (nSPS) is 17.0. The number of hydrogen-bond donors (Lipinski definition) is 1. The summed E-state index contributed by atoms with van der Waals surface area (Å²) in [5.74, 6) is 0.403. The minimum Gasteiger partial charge on any atom is -0.355 e. The molecule has 3 aliphatic carbocycles. The molecule has 1 N–H and O–H groups in total. The van der Waals surface area contributed by atoms with Crippen LogP contribution in [0.3, 0.4) is 0 Å². The molecule has 0 spiro atoms. The molecule has 2 nitrogen and oxygen atoms in total. The Morgan fingerprint density at radius 1 is 0.425 bits per heavy atom. The van der Waals surface area contributed by atoms with Crippen molar-refractivity contribution in [1.29, 1.82) is 0 Å². The van der Waals surface area contributed by atoms with Crippen molar-refractivity contribution in [3.8, 4) is 5.69 Å². The van der Waals surface area contributed by atoms with Crippen LogP contribution in [-0.2, 0) is 0 Å². The molecule has 8 aromatic rings. The van der Waals surface area contributed by atoms with Gasteiger partial charge in [0, 0.05) is 50.1 Å². The van der Waals surface area contributed by atoms with Gasteiger partial charge in [-0.2, -0.15) is 0 Å². The first kappa shape index (κ1) is 20.8. The topological polar surface area (TPSA) is 20.7 Å². The SMILES string of the molecule is c1ccc(-n2c3ccccc3c3c4c(ccc32)C2c3ccccc3C4c3c2ccc2[nH]c4ccccc4c32)cc1. The van der Waals surface area contributed by atoms with Gasteiger partial charge in [-0.1, -0.05) is 91.0 Å². The highest BCUT2D eigenvalue weighted by molar-refractivity contribution is 6.14. The van der Waals surface area contributed by atoms with Crippen molar-refractivity contribution in [3.05, 3.63) is 161 Å². The van der Waals surface area contributed by atoms with Crippen molar-refractivity contribution >= 4 is 43.6 Å². The number of hydrogen-bond acceptors (Lipinski definition) is 0. The molecule has 0 fully saturated rings. The number of nitrogens with zero attached hydrogens (tertiary/aromatic N) is 1. The fourth-order valence-corrected chi connectivity index (χ4v) is 8.06. The Kier molecular flexibility index (Phi) is 3.81. The van der Waals surface area contributed by atoms with Crippen molar-refractivity contribution in [3.63, 3.8) is 0 Å². The second-order valence-electron chi connectivity index (χ2n) is 11.3. The lowest BCUT2D eigenvalue weighted by Gasteiger charge is -2.43. The Morgan fingerprint density at radius 3 is 1.93 bits per heavy atom. The van der Waals surface area contributed by atoms with Crippen LogP contribution in [0.1, 0.15) is 45.2 Å². The predicted octanol–water partition coefficient (Wildman–Crippen LogP) is 9.41. The van der Waals surface area contributed by atoms with E-state index >= 15 is 0 Å².